The minimum atomic E-state index is -0.632. The Morgan fingerprint density at radius 3 is 2.45 bits per heavy atom. The van der Waals surface area contributed by atoms with Gasteiger partial charge in [0.25, 0.3) is 0 Å². The van der Waals surface area contributed by atoms with Gasteiger partial charge in [-0.05, 0) is 36.4 Å². The molecular weight excluding hydrogens is 280 g/mol. The maximum Gasteiger partial charge on any atom is 0.135 e. The molecule has 0 aliphatic carbocycles. The number of rotatable bonds is 2. The normalized spacial score (nSPS) is 10.7. The molecule has 3 aromatic rings. The minimum absolute atomic E-state index is 0.176. The number of aromatic nitrogens is 1. The van der Waals surface area contributed by atoms with E-state index >= 15 is 0 Å². The highest BCUT2D eigenvalue weighted by atomic mass is 32.1. The first kappa shape index (κ1) is 12.7. The Morgan fingerprint density at radius 2 is 1.75 bits per heavy atom. The molecular formula is C15H9F2NOS. The molecule has 3 rings (SSSR count). The second-order valence-electron chi connectivity index (χ2n) is 4.21. The van der Waals surface area contributed by atoms with Crippen LogP contribution in [0.5, 0.6) is 5.75 Å². The number of hydrogen-bond donors (Lipinski definition) is 1. The Labute approximate surface area is 118 Å². The molecule has 0 aliphatic heterocycles. The lowest BCUT2D eigenvalue weighted by Crippen LogP contribution is -1.86. The molecule has 0 amide bonds. The molecule has 1 aromatic heterocycles. The molecule has 1 heterocycles. The molecule has 0 saturated heterocycles. The highest BCUT2D eigenvalue weighted by molar-refractivity contribution is 7.13. The molecule has 20 heavy (non-hydrogen) atoms. The lowest BCUT2D eigenvalue weighted by Gasteiger charge is -1.99. The molecule has 2 nitrogen and oxygen atoms in total. The smallest absolute Gasteiger partial charge is 0.135 e. The standard InChI is InChI=1S/C15H9F2NOS/c16-10-3-6-12(13(17)7-10)14-8-20-15(18-14)9-1-4-11(19)5-2-9/h1-8,19H. The highest BCUT2D eigenvalue weighted by Gasteiger charge is 2.11. The number of phenols is 1. The molecule has 0 saturated carbocycles. The van der Waals surface area contributed by atoms with Crippen molar-refractivity contribution in [3.63, 3.8) is 0 Å². The molecule has 0 unspecified atom stereocenters. The Kier molecular flexibility index (Phi) is 3.20. The zero-order chi connectivity index (χ0) is 14.1. The average molecular weight is 289 g/mol. The predicted molar refractivity (Wildman–Crippen MR) is 74.6 cm³/mol. The number of hydrogen-bond acceptors (Lipinski definition) is 3. The summed E-state index contributed by atoms with van der Waals surface area (Å²) in [5.41, 5.74) is 1.57. The maximum absolute atomic E-state index is 13.7. The lowest BCUT2D eigenvalue weighted by molar-refractivity contribution is 0.475. The van der Waals surface area contributed by atoms with E-state index in [1.54, 1.807) is 29.6 Å². The minimum Gasteiger partial charge on any atom is -0.508 e. The van der Waals surface area contributed by atoms with Crippen molar-refractivity contribution in [1.82, 2.24) is 4.98 Å². The van der Waals surface area contributed by atoms with Crippen LogP contribution in [-0.2, 0) is 0 Å². The summed E-state index contributed by atoms with van der Waals surface area (Å²) in [4.78, 5) is 4.35. The van der Waals surface area contributed by atoms with E-state index in [1.165, 1.54) is 23.5 Å². The largest absolute Gasteiger partial charge is 0.508 e. The monoisotopic (exact) mass is 289 g/mol. The van der Waals surface area contributed by atoms with Crippen LogP contribution in [0.25, 0.3) is 21.8 Å². The number of phenolic OH excluding ortho intramolecular Hbond substituents is 1. The van der Waals surface area contributed by atoms with Crippen molar-refractivity contribution in [2.24, 2.45) is 0 Å². The van der Waals surface area contributed by atoms with Crippen LogP contribution in [-0.4, -0.2) is 10.1 Å². The van der Waals surface area contributed by atoms with Gasteiger partial charge in [-0.15, -0.1) is 11.3 Å². The average Bonchev–Trinajstić information content (AvgIpc) is 2.89. The second-order valence-corrected chi connectivity index (χ2v) is 5.07. The topological polar surface area (TPSA) is 33.1 Å². The van der Waals surface area contributed by atoms with Gasteiger partial charge in [-0.3, -0.25) is 0 Å². The molecule has 5 heteroatoms. The summed E-state index contributed by atoms with van der Waals surface area (Å²) >= 11 is 1.36. The van der Waals surface area contributed by atoms with Gasteiger partial charge in [0.05, 0.1) is 5.69 Å². The number of benzene rings is 2. The van der Waals surface area contributed by atoms with Crippen molar-refractivity contribution in [1.29, 1.82) is 0 Å². The van der Waals surface area contributed by atoms with Crippen LogP contribution < -0.4 is 0 Å². The van der Waals surface area contributed by atoms with Crippen LogP contribution in [0.3, 0.4) is 0 Å². The van der Waals surface area contributed by atoms with Crippen molar-refractivity contribution in [3.8, 4) is 27.6 Å². The first-order chi connectivity index (χ1) is 9.63. The van der Waals surface area contributed by atoms with Crippen LogP contribution in [0.4, 0.5) is 8.78 Å². The molecule has 0 atom stereocenters. The van der Waals surface area contributed by atoms with Gasteiger partial charge in [0, 0.05) is 22.6 Å². The zero-order valence-corrected chi connectivity index (χ0v) is 11.0. The maximum atomic E-state index is 13.7. The summed E-state index contributed by atoms with van der Waals surface area (Å²) in [5, 5.41) is 11.7. The fraction of sp³-hybridized carbons (Fsp3) is 0. The van der Waals surface area contributed by atoms with Gasteiger partial charge in [-0.2, -0.15) is 0 Å². The van der Waals surface area contributed by atoms with E-state index in [9.17, 15) is 13.9 Å². The van der Waals surface area contributed by atoms with Crippen LogP contribution in [0.1, 0.15) is 0 Å². The molecule has 1 N–H and O–H groups in total. The Hall–Kier alpha value is -2.27. The molecule has 0 radical (unpaired) electrons. The van der Waals surface area contributed by atoms with Crippen molar-refractivity contribution in [3.05, 3.63) is 59.5 Å². The van der Waals surface area contributed by atoms with Crippen LogP contribution >= 0.6 is 11.3 Å². The SMILES string of the molecule is Oc1ccc(-c2nc(-c3ccc(F)cc3F)cs2)cc1. The summed E-state index contributed by atoms with van der Waals surface area (Å²) in [6.45, 7) is 0. The van der Waals surface area contributed by atoms with Crippen molar-refractivity contribution in [2.75, 3.05) is 0 Å². The third-order valence-electron chi connectivity index (χ3n) is 2.83. The molecule has 0 bridgehead atoms. The van der Waals surface area contributed by atoms with Gasteiger partial charge in [-0.25, -0.2) is 13.8 Å². The number of aromatic hydroxyl groups is 1. The summed E-state index contributed by atoms with van der Waals surface area (Å²) < 4.78 is 26.6. The fourth-order valence-corrected chi connectivity index (χ4v) is 2.66. The molecule has 0 aliphatic rings. The van der Waals surface area contributed by atoms with Gasteiger partial charge in [-0.1, -0.05) is 0 Å². The fourth-order valence-electron chi connectivity index (χ4n) is 1.83. The summed E-state index contributed by atoms with van der Waals surface area (Å²) in [7, 11) is 0. The van der Waals surface area contributed by atoms with E-state index in [2.05, 4.69) is 4.98 Å². The van der Waals surface area contributed by atoms with Crippen molar-refractivity contribution >= 4 is 11.3 Å². The van der Waals surface area contributed by atoms with E-state index in [1.807, 2.05) is 0 Å². The van der Waals surface area contributed by atoms with Crippen molar-refractivity contribution < 1.29 is 13.9 Å². The Bertz CT molecular complexity index is 753. The van der Waals surface area contributed by atoms with Gasteiger partial charge >= 0.3 is 0 Å². The van der Waals surface area contributed by atoms with E-state index in [0.717, 1.165) is 11.6 Å². The molecule has 0 fully saturated rings. The third kappa shape index (κ3) is 2.40. The lowest BCUT2D eigenvalue weighted by atomic mass is 10.1. The quantitative estimate of drug-likeness (QED) is 0.755. The number of nitrogens with zero attached hydrogens (tertiary/aromatic N) is 1. The van der Waals surface area contributed by atoms with E-state index in [-0.39, 0.29) is 11.3 Å². The Balaban J connectivity index is 1.99. The van der Waals surface area contributed by atoms with Gasteiger partial charge in [0.15, 0.2) is 0 Å². The van der Waals surface area contributed by atoms with Gasteiger partial charge in [0.2, 0.25) is 0 Å². The van der Waals surface area contributed by atoms with E-state index in [0.29, 0.717) is 10.7 Å². The summed E-state index contributed by atoms with van der Waals surface area (Å²) in [6, 6.07) is 10.0. The van der Waals surface area contributed by atoms with Crippen molar-refractivity contribution in [2.45, 2.75) is 0 Å². The van der Waals surface area contributed by atoms with E-state index < -0.39 is 11.6 Å². The zero-order valence-electron chi connectivity index (χ0n) is 10.2. The summed E-state index contributed by atoms with van der Waals surface area (Å²) in [6.07, 6.45) is 0. The van der Waals surface area contributed by atoms with Gasteiger partial charge < -0.3 is 5.11 Å². The first-order valence-corrected chi connectivity index (χ1v) is 6.72. The van der Waals surface area contributed by atoms with Crippen LogP contribution in [0.2, 0.25) is 0 Å². The predicted octanol–water partition coefficient (Wildman–Crippen LogP) is 4.46. The van der Waals surface area contributed by atoms with E-state index in [4.69, 9.17) is 0 Å². The number of thiazole rings is 1. The molecule has 100 valence electrons. The van der Waals surface area contributed by atoms with Gasteiger partial charge in [0.1, 0.15) is 22.4 Å². The molecule has 0 spiro atoms. The number of halogens is 2. The highest BCUT2D eigenvalue weighted by Crippen LogP contribution is 2.31. The first-order valence-electron chi connectivity index (χ1n) is 5.84. The molecule has 2 aromatic carbocycles. The van der Waals surface area contributed by atoms with Crippen LogP contribution in [0.15, 0.2) is 47.8 Å². The summed E-state index contributed by atoms with van der Waals surface area (Å²) in [5.74, 6) is -1.07. The van der Waals surface area contributed by atoms with Crippen LogP contribution in [0, 0.1) is 11.6 Å². The Morgan fingerprint density at radius 1 is 1.00 bits per heavy atom. The third-order valence-corrected chi connectivity index (χ3v) is 3.72. The second kappa shape index (κ2) is 5.02.